The lowest BCUT2D eigenvalue weighted by Crippen LogP contribution is -2.30. The summed E-state index contributed by atoms with van der Waals surface area (Å²) >= 11 is 0. The van der Waals surface area contributed by atoms with E-state index in [1.807, 2.05) is 37.3 Å². The average Bonchev–Trinajstić information content (AvgIpc) is 2.72. The topological polar surface area (TPSA) is 73.9 Å². The van der Waals surface area contributed by atoms with Gasteiger partial charge < -0.3 is 19.5 Å². The van der Waals surface area contributed by atoms with Crippen LogP contribution >= 0.6 is 0 Å². The van der Waals surface area contributed by atoms with Crippen molar-refractivity contribution < 1.29 is 23.8 Å². The predicted molar refractivity (Wildman–Crippen MR) is 112 cm³/mol. The van der Waals surface area contributed by atoms with Crippen molar-refractivity contribution in [2.24, 2.45) is 0 Å². The number of nitrogens with one attached hydrogen (secondary N) is 1. The summed E-state index contributed by atoms with van der Waals surface area (Å²) < 4.78 is 16.0. The molecule has 0 radical (unpaired) electrons. The van der Waals surface area contributed by atoms with E-state index in [0.29, 0.717) is 28.1 Å². The van der Waals surface area contributed by atoms with Gasteiger partial charge in [-0.1, -0.05) is 30.3 Å². The number of fused-ring (bicyclic) bond motifs is 1. The van der Waals surface area contributed by atoms with Crippen LogP contribution in [0, 0.1) is 6.92 Å². The number of ether oxygens (including phenoxy) is 3. The molecule has 1 atom stereocenters. The molecule has 1 N–H and O–H groups in total. The minimum atomic E-state index is -0.992. The molecule has 0 heterocycles. The first-order chi connectivity index (χ1) is 13.9. The van der Waals surface area contributed by atoms with Crippen LogP contribution in [-0.2, 0) is 9.53 Å². The Bertz CT molecular complexity index is 1060. The summed E-state index contributed by atoms with van der Waals surface area (Å²) in [7, 11) is 3.10. The Labute approximate surface area is 169 Å². The number of carbonyl (C=O) groups is 2. The Kier molecular flexibility index (Phi) is 6.02. The molecule has 3 rings (SSSR count). The van der Waals surface area contributed by atoms with Crippen LogP contribution in [-0.4, -0.2) is 32.2 Å². The molecule has 3 aromatic carbocycles. The molecule has 0 aliphatic rings. The van der Waals surface area contributed by atoms with Crippen LogP contribution in [0.5, 0.6) is 11.5 Å². The lowest BCUT2D eigenvalue weighted by molar-refractivity contribution is -0.123. The van der Waals surface area contributed by atoms with Crippen molar-refractivity contribution in [3.05, 3.63) is 65.7 Å². The molecule has 0 fully saturated rings. The number of benzene rings is 3. The molecule has 0 unspecified atom stereocenters. The Morgan fingerprint density at radius 3 is 2.24 bits per heavy atom. The highest BCUT2D eigenvalue weighted by Crippen LogP contribution is 2.29. The molecule has 6 heteroatoms. The molecule has 0 saturated heterocycles. The quantitative estimate of drug-likeness (QED) is 0.630. The number of carbonyl (C=O) groups excluding carboxylic acids is 2. The van der Waals surface area contributed by atoms with Crippen molar-refractivity contribution in [1.29, 1.82) is 0 Å². The first-order valence-corrected chi connectivity index (χ1v) is 9.16. The second-order valence-electron chi connectivity index (χ2n) is 6.60. The Hall–Kier alpha value is -3.54. The number of amides is 1. The molecule has 6 nitrogen and oxygen atoms in total. The van der Waals surface area contributed by atoms with Crippen LogP contribution in [0.3, 0.4) is 0 Å². The molecule has 3 aromatic rings. The highest BCUT2D eigenvalue weighted by Gasteiger charge is 2.22. The maximum atomic E-state index is 12.7. The number of esters is 1. The molecule has 0 aromatic heterocycles. The van der Waals surface area contributed by atoms with Crippen molar-refractivity contribution in [3.8, 4) is 11.5 Å². The largest absolute Gasteiger partial charge is 0.496 e. The van der Waals surface area contributed by atoms with Crippen LogP contribution in [0.1, 0.15) is 22.8 Å². The summed E-state index contributed by atoms with van der Waals surface area (Å²) in [5.41, 5.74) is 1.86. The van der Waals surface area contributed by atoms with E-state index in [1.54, 1.807) is 31.4 Å². The van der Waals surface area contributed by atoms with E-state index in [-0.39, 0.29) is 0 Å². The Morgan fingerprint density at radius 1 is 0.897 bits per heavy atom. The molecule has 1 amide bonds. The third-order valence-corrected chi connectivity index (χ3v) is 4.59. The summed E-state index contributed by atoms with van der Waals surface area (Å²) in [6.07, 6.45) is -0.992. The monoisotopic (exact) mass is 393 g/mol. The van der Waals surface area contributed by atoms with Crippen LogP contribution in [0.25, 0.3) is 10.8 Å². The van der Waals surface area contributed by atoms with Gasteiger partial charge in [0.1, 0.15) is 11.5 Å². The molecule has 150 valence electrons. The van der Waals surface area contributed by atoms with E-state index in [0.717, 1.165) is 10.9 Å². The summed E-state index contributed by atoms with van der Waals surface area (Å²) in [4.78, 5) is 25.3. The molecule has 0 bridgehead atoms. The van der Waals surface area contributed by atoms with Crippen molar-refractivity contribution in [2.75, 3.05) is 19.5 Å². The maximum Gasteiger partial charge on any atom is 0.339 e. The Morgan fingerprint density at radius 2 is 1.55 bits per heavy atom. The van der Waals surface area contributed by atoms with Crippen molar-refractivity contribution in [1.82, 2.24) is 0 Å². The highest BCUT2D eigenvalue weighted by atomic mass is 16.5. The number of rotatable bonds is 6. The van der Waals surface area contributed by atoms with Gasteiger partial charge in [-0.05, 0) is 49.1 Å². The van der Waals surface area contributed by atoms with Gasteiger partial charge >= 0.3 is 5.97 Å². The summed E-state index contributed by atoms with van der Waals surface area (Å²) in [6.45, 7) is 3.44. The third kappa shape index (κ3) is 4.32. The summed E-state index contributed by atoms with van der Waals surface area (Å²) in [5, 5.41) is 4.25. The molecule has 0 saturated carbocycles. The zero-order valence-electron chi connectivity index (χ0n) is 16.8. The van der Waals surface area contributed by atoms with Crippen molar-refractivity contribution in [3.63, 3.8) is 0 Å². The number of methoxy groups -OCH3 is 2. The minimum Gasteiger partial charge on any atom is -0.496 e. The van der Waals surface area contributed by atoms with E-state index in [4.69, 9.17) is 14.2 Å². The van der Waals surface area contributed by atoms with Gasteiger partial charge in [-0.3, -0.25) is 4.79 Å². The number of aryl methyl sites for hydroxylation is 1. The van der Waals surface area contributed by atoms with Gasteiger partial charge in [0.15, 0.2) is 6.10 Å². The van der Waals surface area contributed by atoms with Gasteiger partial charge in [-0.2, -0.15) is 0 Å². The van der Waals surface area contributed by atoms with Gasteiger partial charge in [-0.25, -0.2) is 4.79 Å². The van der Waals surface area contributed by atoms with Crippen LogP contribution in [0.15, 0.2) is 54.6 Å². The van der Waals surface area contributed by atoms with Crippen molar-refractivity contribution >= 4 is 28.3 Å². The lowest BCUT2D eigenvalue weighted by Gasteiger charge is -2.16. The second-order valence-corrected chi connectivity index (χ2v) is 6.60. The molecule has 0 aliphatic carbocycles. The fraction of sp³-hybridized carbons (Fsp3) is 0.217. The van der Waals surface area contributed by atoms with Gasteiger partial charge in [-0.15, -0.1) is 0 Å². The number of anilines is 1. The summed E-state index contributed by atoms with van der Waals surface area (Å²) in [6, 6.07) is 16.2. The van der Waals surface area contributed by atoms with E-state index < -0.39 is 18.0 Å². The molecular weight excluding hydrogens is 370 g/mol. The SMILES string of the molecule is COc1ccc(C)cc1NC(=O)[C@H](C)OC(=O)c1ccc(OC)c2ccccc12. The van der Waals surface area contributed by atoms with E-state index >= 15 is 0 Å². The molecule has 0 spiro atoms. The minimum absolute atomic E-state index is 0.370. The van der Waals surface area contributed by atoms with Gasteiger partial charge in [0.2, 0.25) is 0 Å². The number of hydrogen-bond acceptors (Lipinski definition) is 5. The average molecular weight is 393 g/mol. The fourth-order valence-corrected chi connectivity index (χ4v) is 3.06. The normalized spacial score (nSPS) is 11.6. The van der Waals surface area contributed by atoms with Crippen molar-refractivity contribution in [2.45, 2.75) is 20.0 Å². The highest BCUT2D eigenvalue weighted by molar-refractivity contribution is 6.07. The third-order valence-electron chi connectivity index (χ3n) is 4.59. The fourth-order valence-electron chi connectivity index (χ4n) is 3.06. The van der Waals surface area contributed by atoms with Crippen LogP contribution < -0.4 is 14.8 Å². The predicted octanol–water partition coefficient (Wildman–Crippen LogP) is 4.35. The van der Waals surface area contributed by atoms with Gasteiger partial charge in [0.25, 0.3) is 5.91 Å². The molecular formula is C23H23NO5. The van der Waals surface area contributed by atoms with E-state index in [1.165, 1.54) is 14.0 Å². The van der Waals surface area contributed by atoms with E-state index in [9.17, 15) is 9.59 Å². The zero-order chi connectivity index (χ0) is 21.0. The molecule has 0 aliphatic heterocycles. The first-order valence-electron chi connectivity index (χ1n) is 9.16. The first kappa shape index (κ1) is 20.2. The lowest BCUT2D eigenvalue weighted by atomic mass is 10.0. The molecule has 29 heavy (non-hydrogen) atoms. The number of hydrogen-bond donors (Lipinski definition) is 1. The van der Waals surface area contributed by atoms with Gasteiger partial charge in [0.05, 0.1) is 25.5 Å². The van der Waals surface area contributed by atoms with Crippen LogP contribution in [0.4, 0.5) is 5.69 Å². The second kappa shape index (κ2) is 8.65. The smallest absolute Gasteiger partial charge is 0.339 e. The zero-order valence-corrected chi connectivity index (χ0v) is 16.8. The summed E-state index contributed by atoms with van der Waals surface area (Å²) in [5.74, 6) is 0.167. The standard InChI is InChI=1S/C23H23NO5/c1-14-9-11-21(28-4)19(13-14)24-22(25)15(2)29-23(26)18-10-12-20(27-3)17-8-6-5-7-16(17)18/h5-13,15H,1-4H3,(H,24,25)/t15-/m0/s1. The Balaban J connectivity index is 1.78. The van der Waals surface area contributed by atoms with Crippen LogP contribution in [0.2, 0.25) is 0 Å². The van der Waals surface area contributed by atoms with E-state index in [2.05, 4.69) is 5.32 Å². The van der Waals surface area contributed by atoms with Gasteiger partial charge in [0, 0.05) is 5.39 Å². The maximum absolute atomic E-state index is 12.7.